The molecule has 2 heterocycles. The average molecular weight is 311 g/mol. The summed E-state index contributed by atoms with van der Waals surface area (Å²) >= 11 is 0. The Morgan fingerprint density at radius 2 is 1.83 bits per heavy atom. The van der Waals surface area contributed by atoms with Crippen LogP contribution < -0.4 is 10.2 Å². The summed E-state index contributed by atoms with van der Waals surface area (Å²) in [5.41, 5.74) is 2.31. The number of aromatic nitrogens is 1. The first-order valence-electron chi connectivity index (χ1n) is 7.99. The van der Waals surface area contributed by atoms with Crippen molar-refractivity contribution < 1.29 is 9.90 Å². The van der Waals surface area contributed by atoms with E-state index in [2.05, 4.69) is 21.3 Å². The number of nitrogens with zero attached hydrogens (tertiary/aromatic N) is 2. The van der Waals surface area contributed by atoms with Crippen molar-refractivity contribution in [2.24, 2.45) is 0 Å². The van der Waals surface area contributed by atoms with Crippen molar-refractivity contribution in [1.82, 2.24) is 4.98 Å². The van der Waals surface area contributed by atoms with Gasteiger partial charge in [-0.15, -0.1) is 0 Å². The highest BCUT2D eigenvalue weighted by atomic mass is 16.4. The van der Waals surface area contributed by atoms with Gasteiger partial charge in [0.15, 0.2) is 0 Å². The molecule has 0 unspecified atom stereocenters. The van der Waals surface area contributed by atoms with Crippen molar-refractivity contribution in [3.05, 3.63) is 53.7 Å². The first-order chi connectivity index (χ1) is 11.2. The molecule has 0 aliphatic carbocycles. The molecule has 2 N–H and O–H groups in total. The predicted molar refractivity (Wildman–Crippen MR) is 91.0 cm³/mol. The predicted octanol–water partition coefficient (Wildman–Crippen LogP) is 3.38. The fourth-order valence-electron chi connectivity index (χ4n) is 2.77. The number of aromatic carboxylic acids is 1. The molecular formula is C18H21N3O2. The lowest BCUT2D eigenvalue weighted by atomic mass is 10.1. The molecule has 1 aromatic carbocycles. The van der Waals surface area contributed by atoms with Crippen LogP contribution in [0.15, 0.2) is 42.6 Å². The number of benzene rings is 1. The molecule has 0 radical (unpaired) electrons. The van der Waals surface area contributed by atoms with Crippen molar-refractivity contribution in [3.8, 4) is 0 Å². The number of carboxylic acids is 1. The molecule has 1 fully saturated rings. The van der Waals surface area contributed by atoms with Crippen molar-refractivity contribution >= 4 is 17.5 Å². The molecule has 0 amide bonds. The number of rotatable bonds is 5. The third kappa shape index (κ3) is 4.00. The van der Waals surface area contributed by atoms with Crippen molar-refractivity contribution in [2.75, 3.05) is 23.3 Å². The van der Waals surface area contributed by atoms with E-state index < -0.39 is 5.97 Å². The van der Waals surface area contributed by atoms with Crippen LogP contribution in [0.3, 0.4) is 0 Å². The van der Waals surface area contributed by atoms with E-state index in [9.17, 15) is 4.79 Å². The van der Waals surface area contributed by atoms with Crippen LogP contribution >= 0.6 is 0 Å². The maximum atomic E-state index is 10.8. The van der Waals surface area contributed by atoms with Gasteiger partial charge in [0.1, 0.15) is 5.82 Å². The number of hydrogen-bond acceptors (Lipinski definition) is 4. The van der Waals surface area contributed by atoms with Gasteiger partial charge in [-0.2, -0.15) is 0 Å². The number of anilines is 2. The minimum absolute atomic E-state index is 0.307. The Morgan fingerprint density at radius 1 is 1.09 bits per heavy atom. The highest BCUT2D eigenvalue weighted by molar-refractivity contribution is 5.87. The lowest BCUT2D eigenvalue weighted by Gasteiger charge is -2.27. The zero-order valence-electron chi connectivity index (χ0n) is 13.0. The Morgan fingerprint density at radius 3 is 2.43 bits per heavy atom. The number of piperidine rings is 1. The molecule has 23 heavy (non-hydrogen) atoms. The van der Waals surface area contributed by atoms with Crippen LogP contribution in [-0.4, -0.2) is 29.1 Å². The molecule has 3 rings (SSSR count). The van der Waals surface area contributed by atoms with Crippen LogP contribution in [0.25, 0.3) is 0 Å². The monoisotopic (exact) mass is 311 g/mol. The lowest BCUT2D eigenvalue weighted by Crippen LogP contribution is -2.30. The van der Waals surface area contributed by atoms with E-state index in [-0.39, 0.29) is 0 Å². The lowest BCUT2D eigenvalue weighted by molar-refractivity contribution is 0.0697. The smallest absolute Gasteiger partial charge is 0.335 e. The van der Waals surface area contributed by atoms with Crippen LogP contribution in [0.4, 0.5) is 11.5 Å². The van der Waals surface area contributed by atoms with E-state index >= 15 is 0 Å². The van der Waals surface area contributed by atoms with Gasteiger partial charge >= 0.3 is 5.97 Å². The van der Waals surface area contributed by atoms with Crippen molar-refractivity contribution in [1.29, 1.82) is 0 Å². The summed E-state index contributed by atoms with van der Waals surface area (Å²) in [6.07, 6.45) is 5.66. The minimum Gasteiger partial charge on any atom is -0.478 e. The molecule has 0 saturated carbocycles. The molecule has 0 bridgehead atoms. The van der Waals surface area contributed by atoms with E-state index in [0.717, 1.165) is 30.2 Å². The van der Waals surface area contributed by atoms with Crippen LogP contribution in [0.2, 0.25) is 0 Å². The van der Waals surface area contributed by atoms with Gasteiger partial charge in [-0.3, -0.25) is 0 Å². The SMILES string of the molecule is O=C(O)c1ccc(CNc2ccc(N3CCCCC3)nc2)cc1. The summed E-state index contributed by atoms with van der Waals surface area (Å²) in [5.74, 6) is 0.142. The van der Waals surface area contributed by atoms with Gasteiger partial charge in [0, 0.05) is 19.6 Å². The standard InChI is InChI=1S/C18H21N3O2/c22-18(23)15-6-4-14(5-7-15)12-19-16-8-9-17(20-13-16)21-10-2-1-3-11-21/h4-9,13,19H,1-3,10-12H2,(H,22,23). The van der Waals surface area contributed by atoms with Crippen LogP contribution in [0.1, 0.15) is 35.2 Å². The normalized spacial score (nSPS) is 14.5. The third-order valence-electron chi connectivity index (χ3n) is 4.13. The molecule has 1 aliphatic rings. The van der Waals surface area contributed by atoms with E-state index in [1.165, 1.54) is 19.3 Å². The van der Waals surface area contributed by atoms with Crippen molar-refractivity contribution in [3.63, 3.8) is 0 Å². The van der Waals surface area contributed by atoms with Gasteiger partial charge in [0.05, 0.1) is 17.4 Å². The van der Waals surface area contributed by atoms with E-state index in [1.54, 1.807) is 12.1 Å². The van der Waals surface area contributed by atoms with Gasteiger partial charge in [0.2, 0.25) is 0 Å². The molecule has 2 aromatic rings. The molecule has 0 atom stereocenters. The Hall–Kier alpha value is -2.56. The average Bonchev–Trinajstić information content (AvgIpc) is 2.61. The van der Waals surface area contributed by atoms with E-state index in [0.29, 0.717) is 12.1 Å². The van der Waals surface area contributed by atoms with Gasteiger partial charge in [-0.25, -0.2) is 9.78 Å². The quantitative estimate of drug-likeness (QED) is 0.886. The number of hydrogen-bond donors (Lipinski definition) is 2. The maximum absolute atomic E-state index is 10.8. The Kier molecular flexibility index (Phi) is 4.76. The topological polar surface area (TPSA) is 65.5 Å². The number of carbonyl (C=O) groups is 1. The summed E-state index contributed by atoms with van der Waals surface area (Å²) in [5, 5.41) is 12.2. The number of carboxylic acid groups (broad SMARTS) is 1. The Balaban J connectivity index is 1.56. The first kappa shape index (κ1) is 15.3. The summed E-state index contributed by atoms with van der Waals surface area (Å²) in [7, 11) is 0. The maximum Gasteiger partial charge on any atom is 0.335 e. The summed E-state index contributed by atoms with van der Waals surface area (Å²) in [6, 6.07) is 11.0. The molecule has 5 heteroatoms. The third-order valence-corrected chi connectivity index (χ3v) is 4.13. The van der Waals surface area contributed by atoms with Gasteiger partial charge < -0.3 is 15.3 Å². The molecule has 1 aliphatic heterocycles. The van der Waals surface area contributed by atoms with Crippen LogP contribution in [-0.2, 0) is 6.54 Å². The molecular weight excluding hydrogens is 290 g/mol. The summed E-state index contributed by atoms with van der Waals surface area (Å²) in [6.45, 7) is 2.83. The van der Waals surface area contributed by atoms with Crippen LogP contribution in [0, 0.1) is 0 Å². The highest BCUT2D eigenvalue weighted by Gasteiger charge is 2.11. The summed E-state index contributed by atoms with van der Waals surface area (Å²) in [4.78, 5) is 17.7. The molecule has 0 spiro atoms. The molecule has 1 aromatic heterocycles. The first-order valence-corrected chi connectivity index (χ1v) is 7.99. The summed E-state index contributed by atoms with van der Waals surface area (Å²) < 4.78 is 0. The van der Waals surface area contributed by atoms with Gasteiger partial charge in [0.25, 0.3) is 0 Å². The second-order valence-electron chi connectivity index (χ2n) is 5.81. The highest BCUT2D eigenvalue weighted by Crippen LogP contribution is 2.19. The Labute approximate surface area is 136 Å². The fraction of sp³-hybridized carbons (Fsp3) is 0.333. The molecule has 1 saturated heterocycles. The van der Waals surface area contributed by atoms with Crippen LogP contribution in [0.5, 0.6) is 0 Å². The number of nitrogens with one attached hydrogen (secondary N) is 1. The second-order valence-corrected chi connectivity index (χ2v) is 5.81. The largest absolute Gasteiger partial charge is 0.478 e. The zero-order chi connectivity index (χ0) is 16.1. The van der Waals surface area contributed by atoms with E-state index in [1.807, 2.05) is 24.4 Å². The Bertz CT molecular complexity index is 647. The second kappa shape index (κ2) is 7.13. The zero-order valence-corrected chi connectivity index (χ0v) is 13.0. The minimum atomic E-state index is -0.901. The molecule has 5 nitrogen and oxygen atoms in total. The van der Waals surface area contributed by atoms with Gasteiger partial charge in [-0.1, -0.05) is 12.1 Å². The number of pyridine rings is 1. The molecule has 120 valence electrons. The van der Waals surface area contributed by atoms with Gasteiger partial charge in [-0.05, 0) is 49.1 Å². The van der Waals surface area contributed by atoms with Crippen molar-refractivity contribution in [2.45, 2.75) is 25.8 Å². The fourth-order valence-corrected chi connectivity index (χ4v) is 2.77. The van der Waals surface area contributed by atoms with E-state index in [4.69, 9.17) is 5.11 Å².